The maximum Gasteiger partial charge on any atom is 0.233 e. The highest BCUT2D eigenvalue weighted by Gasteiger charge is 2.26. The molecule has 170 valence electrons. The molecule has 8 nitrogen and oxygen atoms in total. The number of likely N-dealkylation sites (tertiary alicyclic amines) is 1. The molecule has 1 amide bonds. The van der Waals surface area contributed by atoms with Crippen molar-refractivity contribution in [1.29, 1.82) is 0 Å². The Kier molecular flexibility index (Phi) is 7.25. The fraction of sp³-hybridized carbons (Fsp3) is 0.550. The first kappa shape index (κ1) is 23.5. The Bertz CT molecular complexity index is 1020. The average Bonchev–Trinajstić information content (AvgIpc) is 3.03. The minimum absolute atomic E-state index is 0.0520. The van der Waals surface area contributed by atoms with E-state index in [2.05, 4.69) is 24.0 Å². The number of piperidine rings is 1. The molecule has 2 aromatic rings. The molecule has 1 aliphatic heterocycles. The summed E-state index contributed by atoms with van der Waals surface area (Å²) in [6, 6.07) is 5.22. The highest BCUT2D eigenvalue weighted by atomic mass is 32.2. The van der Waals surface area contributed by atoms with Crippen molar-refractivity contribution in [2.45, 2.75) is 32.0 Å². The molecule has 1 saturated heterocycles. The lowest BCUT2D eigenvalue weighted by Crippen LogP contribution is -2.43. The van der Waals surface area contributed by atoms with Gasteiger partial charge in [0.05, 0.1) is 24.2 Å². The molecule has 2 heterocycles. The molecule has 31 heavy (non-hydrogen) atoms. The molecule has 11 heteroatoms. The summed E-state index contributed by atoms with van der Waals surface area (Å²) in [7, 11) is -1.89. The average molecular weight is 470 g/mol. The van der Waals surface area contributed by atoms with Crippen LogP contribution in [-0.4, -0.2) is 59.1 Å². The molecule has 1 aromatic carbocycles. The molecule has 1 aliphatic rings. The number of rotatable bonds is 7. The number of carbonyl (C=O) groups is 1. The third kappa shape index (κ3) is 5.97. The summed E-state index contributed by atoms with van der Waals surface area (Å²) in [6.45, 7) is 5.81. The summed E-state index contributed by atoms with van der Waals surface area (Å²) in [5.41, 5.74) is 0.338. The highest BCUT2D eigenvalue weighted by Crippen LogP contribution is 2.24. The van der Waals surface area contributed by atoms with E-state index in [1.54, 1.807) is 11.6 Å². The van der Waals surface area contributed by atoms with Crippen molar-refractivity contribution in [3.63, 3.8) is 0 Å². The maximum absolute atomic E-state index is 13.2. The van der Waals surface area contributed by atoms with Gasteiger partial charge in [-0.2, -0.15) is 0 Å². The van der Waals surface area contributed by atoms with Crippen molar-refractivity contribution in [3.8, 4) is 0 Å². The van der Waals surface area contributed by atoms with Crippen molar-refractivity contribution in [2.24, 2.45) is 18.9 Å². The van der Waals surface area contributed by atoms with Crippen molar-refractivity contribution >= 4 is 33.4 Å². The van der Waals surface area contributed by atoms with Gasteiger partial charge in [0.15, 0.2) is 11.0 Å². The number of benzene rings is 1. The van der Waals surface area contributed by atoms with E-state index >= 15 is 0 Å². The second-order valence-electron chi connectivity index (χ2n) is 8.24. The van der Waals surface area contributed by atoms with Gasteiger partial charge in [0.25, 0.3) is 0 Å². The van der Waals surface area contributed by atoms with Gasteiger partial charge in [0.2, 0.25) is 15.9 Å². The lowest BCUT2D eigenvalue weighted by Gasteiger charge is -2.34. The van der Waals surface area contributed by atoms with Gasteiger partial charge in [-0.05, 0) is 42.5 Å². The Morgan fingerprint density at radius 2 is 1.81 bits per heavy atom. The fourth-order valence-electron chi connectivity index (χ4n) is 3.83. The third-order valence-corrected chi connectivity index (χ3v) is 7.42. The van der Waals surface area contributed by atoms with Crippen LogP contribution in [0.5, 0.6) is 0 Å². The lowest BCUT2D eigenvalue weighted by molar-refractivity contribution is -0.130. The topological polar surface area (TPSA) is 88.4 Å². The minimum atomic E-state index is -3.63. The summed E-state index contributed by atoms with van der Waals surface area (Å²) in [5.74, 6) is 1.28. The monoisotopic (exact) mass is 469 g/mol. The molecule has 0 saturated carbocycles. The zero-order chi connectivity index (χ0) is 22.8. The van der Waals surface area contributed by atoms with Gasteiger partial charge in [-0.1, -0.05) is 25.6 Å². The second-order valence-corrected chi connectivity index (χ2v) is 11.1. The van der Waals surface area contributed by atoms with Crippen LogP contribution >= 0.6 is 11.8 Å². The molecule has 3 rings (SSSR count). The van der Waals surface area contributed by atoms with E-state index in [4.69, 9.17) is 0 Å². The summed E-state index contributed by atoms with van der Waals surface area (Å²) in [5, 5.41) is 8.78. The standard InChI is InChI=1S/C20H28FN5O3S2/c1-14-9-15(2)11-25(10-14)19(27)13-30-20-23-22-18(24(20)3)12-26(31(4,28)29)17-7-5-16(21)6-8-17/h5-8,14-15H,9-13H2,1-4H3/t14-,15-/m1/s1. The number of hydrogen-bond donors (Lipinski definition) is 0. The Morgan fingerprint density at radius 3 is 2.39 bits per heavy atom. The first-order valence-corrected chi connectivity index (χ1v) is 12.9. The quantitative estimate of drug-likeness (QED) is 0.579. The van der Waals surface area contributed by atoms with Crippen molar-refractivity contribution < 1.29 is 17.6 Å². The summed E-state index contributed by atoms with van der Waals surface area (Å²) >= 11 is 1.29. The van der Waals surface area contributed by atoms with Crippen LogP contribution in [-0.2, 0) is 28.4 Å². The molecule has 0 unspecified atom stereocenters. The van der Waals surface area contributed by atoms with Crippen molar-refractivity contribution in [3.05, 3.63) is 35.9 Å². The maximum atomic E-state index is 13.2. The molecular weight excluding hydrogens is 441 g/mol. The predicted octanol–water partition coefficient (Wildman–Crippen LogP) is 2.52. The van der Waals surface area contributed by atoms with Gasteiger partial charge >= 0.3 is 0 Å². The van der Waals surface area contributed by atoms with Crippen LogP contribution in [0.4, 0.5) is 10.1 Å². The molecule has 0 radical (unpaired) electrons. The van der Waals surface area contributed by atoms with Crippen molar-refractivity contribution in [1.82, 2.24) is 19.7 Å². The van der Waals surface area contributed by atoms with E-state index in [0.717, 1.165) is 30.1 Å². The van der Waals surface area contributed by atoms with Crippen LogP contribution in [0.3, 0.4) is 0 Å². The Morgan fingerprint density at radius 1 is 1.19 bits per heavy atom. The summed E-state index contributed by atoms with van der Waals surface area (Å²) < 4.78 is 40.7. The number of amides is 1. The summed E-state index contributed by atoms with van der Waals surface area (Å²) in [4.78, 5) is 14.5. The van der Waals surface area contributed by atoms with Crippen LogP contribution in [0.15, 0.2) is 29.4 Å². The van der Waals surface area contributed by atoms with Crippen LogP contribution in [0.1, 0.15) is 26.1 Å². The van der Waals surface area contributed by atoms with Gasteiger partial charge < -0.3 is 9.47 Å². The van der Waals surface area contributed by atoms with E-state index in [0.29, 0.717) is 28.5 Å². The van der Waals surface area contributed by atoms with Crippen LogP contribution in [0.25, 0.3) is 0 Å². The number of anilines is 1. The SMILES string of the molecule is C[C@@H]1C[C@@H](C)CN(C(=O)CSc2nnc(CN(c3ccc(F)cc3)S(C)(=O)=O)n2C)C1. The molecule has 1 aromatic heterocycles. The number of sulfonamides is 1. The van der Waals surface area contributed by atoms with Crippen LogP contribution < -0.4 is 4.31 Å². The molecule has 0 aliphatic carbocycles. The number of nitrogens with zero attached hydrogens (tertiary/aromatic N) is 5. The molecular formula is C20H28FN5O3S2. The van der Waals surface area contributed by atoms with Crippen molar-refractivity contribution in [2.75, 3.05) is 29.4 Å². The minimum Gasteiger partial charge on any atom is -0.341 e. The number of thioether (sulfide) groups is 1. The second kappa shape index (κ2) is 9.56. The number of aromatic nitrogens is 3. The highest BCUT2D eigenvalue weighted by molar-refractivity contribution is 7.99. The smallest absolute Gasteiger partial charge is 0.233 e. The van der Waals surface area contributed by atoms with E-state index in [9.17, 15) is 17.6 Å². The third-order valence-electron chi connectivity index (χ3n) is 5.27. The largest absolute Gasteiger partial charge is 0.341 e. The first-order valence-electron chi connectivity index (χ1n) is 10.1. The van der Waals surface area contributed by atoms with E-state index < -0.39 is 15.8 Å². The Balaban J connectivity index is 1.69. The van der Waals surface area contributed by atoms with E-state index in [-0.39, 0.29) is 18.2 Å². The van der Waals surface area contributed by atoms with Crippen LogP contribution in [0.2, 0.25) is 0 Å². The molecule has 2 atom stereocenters. The summed E-state index contributed by atoms with van der Waals surface area (Å²) in [6.07, 6.45) is 2.22. The van der Waals surface area contributed by atoms with Gasteiger partial charge in [-0.25, -0.2) is 12.8 Å². The Hall–Kier alpha value is -2.14. The normalized spacial score (nSPS) is 19.5. The van der Waals surface area contributed by atoms with Gasteiger partial charge in [0, 0.05) is 20.1 Å². The molecule has 0 N–H and O–H groups in total. The van der Waals surface area contributed by atoms with Gasteiger partial charge in [-0.15, -0.1) is 10.2 Å². The lowest BCUT2D eigenvalue weighted by atomic mass is 9.92. The number of hydrogen-bond acceptors (Lipinski definition) is 6. The van der Waals surface area contributed by atoms with Gasteiger partial charge in [0.1, 0.15) is 5.82 Å². The molecule has 1 fully saturated rings. The van der Waals surface area contributed by atoms with E-state index in [1.807, 2.05) is 4.90 Å². The van der Waals surface area contributed by atoms with E-state index in [1.165, 1.54) is 36.0 Å². The number of carbonyl (C=O) groups excluding carboxylic acids is 1. The Labute approximate surface area is 186 Å². The number of halogens is 1. The molecule has 0 bridgehead atoms. The van der Waals surface area contributed by atoms with Crippen LogP contribution in [0, 0.1) is 17.7 Å². The first-order chi connectivity index (χ1) is 14.5. The zero-order valence-electron chi connectivity index (χ0n) is 18.2. The fourth-order valence-corrected chi connectivity index (χ4v) is 5.52. The van der Waals surface area contributed by atoms with Gasteiger partial charge in [-0.3, -0.25) is 9.10 Å². The predicted molar refractivity (Wildman–Crippen MR) is 119 cm³/mol. The zero-order valence-corrected chi connectivity index (χ0v) is 19.8. The molecule has 0 spiro atoms.